The van der Waals surface area contributed by atoms with E-state index in [-0.39, 0.29) is 17.9 Å². The van der Waals surface area contributed by atoms with Crippen LogP contribution in [0.3, 0.4) is 0 Å². The zero-order valence-electron chi connectivity index (χ0n) is 15.9. The fourth-order valence-corrected chi connectivity index (χ4v) is 3.27. The molecule has 2 amide bonds. The third-order valence-corrected chi connectivity index (χ3v) is 4.87. The third kappa shape index (κ3) is 8.63. The van der Waals surface area contributed by atoms with Crippen molar-refractivity contribution >= 4 is 11.8 Å². The smallest absolute Gasteiger partial charge is 0.240 e. The van der Waals surface area contributed by atoms with Crippen LogP contribution in [0, 0.1) is 11.3 Å². The molecule has 148 valence electrons. The van der Waals surface area contributed by atoms with Crippen LogP contribution >= 0.6 is 0 Å². The van der Waals surface area contributed by atoms with Crippen LogP contribution in [-0.4, -0.2) is 48.4 Å². The molecule has 0 aromatic rings. The molecular weight excluding hydrogens is 330 g/mol. The van der Waals surface area contributed by atoms with E-state index in [0.717, 1.165) is 64.3 Å². The van der Waals surface area contributed by atoms with E-state index in [1.54, 1.807) is 4.90 Å². The molecule has 1 fully saturated rings. The molecule has 0 unspecified atom stereocenters. The first-order valence-electron chi connectivity index (χ1n) is 10.0. The van der Waals surface area contributed by atoms with Gasteiger partial charge in [-0.2, -0.15) is 5.26 Å². The van der Waals surface area contributed by atoms with E-state index in [0.29, 0.717) is 25.9 Å². The van der Waals surface area contributed by atoms with Crippen molar-refractivity contribution in [3.8, 4) is 6.07 Å². The van der Waals surface area contributed by atoms with Crippen LogP contribution in [-0.2, 0) is 9.59 Å². The molecule has 1 aliphatic rings. The topological polar surface area (TPSA) is 125 Å². The zero-order valence-corrected chi connectivity index (χ0v) is 15.9. The summed E-state index contributed by atoms with van der Waals surface area (Å²) in [4.78, 5) is 25.6. The number of nitrogens with one attached hydrogen (secondary N) is 1. The second-order valence-corrected chi connectivity index (χ2v) is 7.08. The van der Waals surface area contributed by atoms with E-state index < -0.39 is 6.04 Å². The van der Waals surface area contributed by atoms with Gasteiger partial charge in [0.1, 0.15) is 6.04 Å². The summed E-state index contributed by atoms with van der Waals surface area (Å²) in [6.45, 7) is 2.00. The number of unbranched alkanes of at least 4 members (excludes halogenated alkanes) is 5. The number of hydrogen-bond donors (Lipinski definition) is 3. The number of carbonyl (C=O) groups excluding carboxylic acids is 2. The van der Waals surface area contributed by atoms with Crippen molar-refractivity contribution in [3.05, 3.63) is 0 Å². The standard InChI is InChI=1S/C19H35N5O2/c20-12-6-3-1-2-4-11-18(25)23-13-7-5-10-17(22)19(26)24-14-8-9-16(24)15-21/h16-17H,1-14,20,22H2,(H,23,25)/t16-,17-/m0/s1. The maximum absolute atomic E-state index is 12.3. The second-order valence-electron chi connectivity index (χ2n) is 7.08. The van der Waals surface area contributed by atoms with E-state index in [4.69, 9.17) is 16.7 Å². The van der Waals surface area contributed by atoms with Crippen LogP contribution in [0.25, 0.3) is 0 Å². The summed E-state index contributed by atoms with van der Waals surface area (Å²) in [6.07, 6.45) is 9.72. The van der Waals surface area contributed by atoms with Crippen molar-refractivity contribution in [1.82, 2.24) is 10.2 Å². The Bertz CT molecular complexity index is 463. The van der Waals surface area contributed by atoms with Crippen molar-refractivity contribution in [3.63, 3.8) is 0 Å². The predicted molar refractivity (Wildman–Crippen MR) is 102 cm³/mol. The molecule has 0 saturated carbocycles. The molecule has 7 heteroatoms. The maximum atomic E-state index is 12.3. The highest BCUT2D eigenvalue weighted by Crippen LogP contribution is 2.18. The van der Waals surface area contributed by atoms with E-state index in [2.05, 4.69) is 11.4 Å². The number of likely N-dealkylation sites (tertiary alicyclic amines) is 1. The molecule has 5 N–H and O–H groups in total. The lowest BCUT2D eigenvalue weighted by Gasteiger charge is -2.23. The average Bonchev–Trinajstić information content (AvgIpc) is 3.12. The Morgan fingerprint density at radius 1 is 1.15 bits per heavy atom. The SMILES string of the molecule is N#C[C@@H]1CCCN1C(=O)[C@@H](N)CCCCNC(=O)CCCCCCCN. The number of carbonyl (C=O) groups is 2. The van der Waals surface area contributed by atoms with E-state index in [9.17, 15) is 9.59 Å². The summed E-state index contributed by atoms with van der Waals surface area (Å²) >= 11 is 0. The molecule has 0 radical (unpaired) electrons. The molecule has 7 nitrogen and oxygen atoms in total. The van der Waals surface area contributed by atoms with Crippen LogP contribution in [0.15, 0.2) is 0 Å². The molecule has 2 atom stereocenters. The molecule has 26 heavy (non-hydrogen) atoms. The molecule has 1 aliphatic heterocycles. The van der Waals surface area contributed by atoms with Gasteiger partial charge in [0.05, 0.1) is 12.1 Å². The molecule has 0 spiro atoms. The molecule has 1 heterocycles. The highest BCUT2D eigenvalue weighted by atomic mass is 16.2. The third-order valence-electron chi connectivity index (χ3n) is 4.87. The normalized spacial score (nSPS) is 17.7. The minimum atomic E-state index is -0.548. The summed E-state index contributed by atoms with van der Waals surface area (Å²) in [7, 11) is 0. The van der Waals surface area contributed by atoms with Crippen LogP contribution in [0.4, 0.5) is 0 Å². The molecule has 0 aliphatic carbocycles. The van der Waals surface area contributed by atoms with Gasteiger partial charge in [0.25, 0.3) is 0 Å². The second kappa shape index (κ2) is 13.5. The van der Waals surface area contributed by atoms with Gasteiger partial charge >= 0.3 is 0 Å². The molecule has 1 saturated heterocycles. The van der Waals surface area contributed by atoms with Gasteiger partial charge in [0, 0.05) is 19.5 Å². The summed E-state index contributed by atoms with van der Waals surface area (Å²) < 4.78 is 0. The Morgan fingerprint density at radius 3 is 2.62 bits per heavy atom. The van der Waals surface area contributed by atoms with Crippen LogP contribution in [0.1, 0.15) is 70.6 Å². The van der Waals surface area contributed by atoms with Crippen LogP contribution < -0.4 is 16.8 Å². The fourth-order valence-electron chi connectivity index (χ4n) is 3.27. The summed E-state index contributed by atoms with van der Waals surface area (Å²) in [5, 5.41) is 12.0. The van der Waals surface area contributed by atoms with Crippen molar-refractivity contribution in [1.29, 1.82) is 5.26 Å². The molecule has 0 aromatic carbocycles. The van der Waals surface area contributed by atoms with Crippen molar-refractivity contribution < 1.29 is 9.59 Å². The van der Waals surface area contributed by atoms with Gasteiger partial charge in [-0.1, -0.05) is 19.3 Å². The van der Waals surface area contributed by atoms with Gasteiger partial charge in [0.2, 0.25) is 11.8 Å². The number of hydrogen-bond acceptors (Lipinski definition) is 5. The number of nitrogens with two attached hydrogens (primary N) is 2. The lowest BCUT2D eigenvalue weighted by molar-refractivity contribution is -0.132. The average molecular weight is 366 g/mol. The first kappa shape index (κ1) is 22.4. The molecule has 0 aromatic heterocycles. The number of nitriles is 1. The quantitative estimate of drug-likeness (QED) is 0.426. The highest BCUT2D eigenvalue weighted by Gasteiger charge is 2.31. The van der Waals surface area contributed by atoms with Crippen molar-refractivity contribution in [2.45, 2.75) is 82.7 Å². The monoisotopic (exact) mass is 365 g/mol. The first-order chi connectivity index (χ1) is 12.6. The van der Waals surface area contributed by atoms with Gasteiger partial charge in [-0.25, -0.2) is 0 Å². The molecular formula is C19H35N5O2. The summed E-state index contributed by atoms with van der Waals surface area (Å²) in [5.41, 5.74) is 11.4. The Labute approximate surface area is 157 Å². The Balaban J connectivity index is 2.03. The summed E-state index contributed by atoms with van der Waals surface area (Å²) in [6, 6.07) is 1.30. The van der Waals surface area contributed by atoms with Gasteiger partial charge < -0.3 is 21.7 Å². The highest BCUT2D eigenvalue weighted by molar-refractivity contribution is 5.82. The number of nitrogens with zero attached hydrogens (tertiary/aromatic N) is 2. The Hall–Kier alpha value is -1.65. The van der Waals surface area contributed by atoms with Gasteiger partial charge in [-0.05, 0) is 51.5 Å². The molecule has 1 rings (SSSR count). The fraction of sp³-hybridized carbons (Fsp3) is 0.842. The van der Waals surface area contributed by atoms with E-state index in [1.165, 1.54) is 0 Å². The van der Waals surface area contributed by atoms with Gasteiger partial charge in [0.15, 0.2) is 0 Å². The predicted octanol–water partition coefficient (Wildman–Crippen LogP) is 1.41. The summed E-state index contributed by atoms with van der Waals surface area (Å²) in [5.74, 6) is -0.0224. The van der Waals surface area contributed by atoms with Gasteiger partial charge in [-0.15, -0.1) is 0 Å². The molecule has 0 bridgehead atoms. The van der Waals surface area contributed by atoms with Crippen molar-refractivity contribution in [2.24, 2.45) is 11.5 Å². The maximum Gasteiger partial charge on any atom is 0.240 e. The number of rotatable bonds is 13. The van der Waals surface area contributed by atoms with Crippen LogP contribution in [0.2, 0.25) is 0 Å². The minimum absolute atomic E-state index is 0.0955. The van der Waals surface area contributed by atoms with Gasteiger partial charge in [-0.3, -0.25) is 9.59 Å². The Morgan fingerprint density at radius 2 is 1.88 bits per heavy atom. The first-order valence-corrected chi connectivity index (χ1v) is 10.0. The minimum Gasteiger partial charge on any atom is -0.356 e. The lowest BCUT2D eigenvalue weighted by atomic mass is 10.1. The van der Waals surface area contributed by atoms with E-state index >= 15 is 0 Å². The zero-order chi connectivity index (χ0) is 19.2. The number of amides is 2. The lowest BCUT2D eigenvalue weighted by Crippen LogP contribution is -2.45. The van der Waals surface area contributed by atoms with Crippen LogP contribution in [0.5, 0.6) is 0 Å². The largest absolute Gasteiger partial charge is 0.356 e. The van der Waals surface area contributed by atoms with E-state index in [1.807, 2.05) is 0 Å². The Kier molecular flexibility index (Phi) is 11.7. The van der Waals surface area contributed by atoms with Crippen molar-refractivity contribution in [2.75, 3.05) is 19.6 Å².